The minimum absolute atomic E-state index is 0.0467. The van der Waals surface area contributed by atoms with Crippen molar-refractivity contribution in [2.45, 2.75) is 50.6 Å². The van der Waals surface area contributed by atoms with Gasteiger partial charge < -0.3 is 15.2 Å². The number of amides is 1. The number of carbonyl (C=O) groups excluding carboxylic acids is 1. The molecule has 1 aromatic heterocycles. The van der Waals surface area contributed by atoms with E-state index in [2.05, 4.69) is 24.7 Å². The second-order valence-electron chi connectivity index (χ2n) is 9.55. The Labute approximate surface area is 223 Å². The molecule has 0 radical (unpaired) electrons. The number of benzene rings is 2. The summed E-state index contributed by atoms with van der Waals surface area (Å²) in [6, 6.07) is 14.3. The molecule has 1 aliphatic carbocycles. The lowest BCUT2D eigenvalue weighted by atomic mass is 9.68. The van der Waals surface area contributed by atoms with Crippen LogP contribution < -0.4 is 19.5 Å². The Morgan fingerprint density at radius 2 is 1.82 bits per heavy atom. The van der Waals surface area contributed by atoms with Gasteiger partial charge in [-0.3, -0.25) is 14.8 Å². The summed E-state index contributed by atoms with van der Waals surface area (Å²) in [6.07, 6.45) is 5.64. The van der Waals surface area contributed by atoms with E-state index in [0.717, 1.165) is 11.3 Å². The maximum Gasteiger partial charge on any atom is 0.277 e. The zero-order chi connectivity index (χ0) is 27.2. The lowest BCUT2D eigenvalue weighted by Crippen LogP contribution is -2.49. The molecule has 4 N–H and O–H groups in total. The van der Waals surface area contributed by atoms with E-state index >= 15 is 0 Å². The highest BCUT2D eigenvalue weighted by atomic mass is 32.2. The second kappa shape index (κ2) is 11.9. The van der Waals surface area contributed by atoms with Crippen LogP contribution in [-0.4, -0.2) is 49.1 Å². The standard InChI is InChI=1S/C27H33N5O5S/c1-19-15-29-22(16-28-19)17-31-38(35,36)32-21-11-13-27(14-12-21,20-7-4-3-5-8-20)18-30-26(34)25-23(33)9-6-10-24(25)37-2/h3-10,15-16,21,31-33H,11-14,17-18H2,1-2H3,(H,30,34)/t21-,27-. The first-order chi connectivity index (χ1) is 18.2. The molecule has 10 nitrogen and oxygen atoms in total. The van der Waals surface area contributed by atoms with Crippen molar-refractivity contribution in [3.05, 3.63) is 83.4 Å². The van der Waals surface area contributed by atoms with E-state index in [1.807, 2.05) is 37.3 Å². The summed E-state index contributed by atoms with van der Waals surface area (Å²) in [4.78, 5) is 21.4. The molecule has 38 heavy (non-hydrogen) atoms. The molecule has 0 spiro atoms. The molecule has 3 aromatic rings. The molecular formula is C27H33N5O5S. The highest BCUT2D eigenvalue weighted by molar-refractivity contribution is 7.87. The van der Waals surface area contributed by atoms with Crippen LogP contribution in [0.3, 0.4) is 0 Å². The van der Waals surface area contributed by atoms with Gasteiger partial charge in [0.05, 0.1) is 31.2 Å². The number of hydrogen-bond acceptors (Lipinski definition) is 7. The predicted molar refractivity (Wildman–Crippen MR) is 143 cm³/mol. The summed E-state index contributed by atoms with van der Waals surface area (Å²) >= 11 is 0. The Hall–Kier alpha value is -3.54. The number of nitrogens with one attached hydrogen (secondary N) is 3. The predicted octanol–water partition coefficient (Wildman–Crippen LogP) is 2.73. The van der Waals surface area contributed by atoms with Crippen LogP contribution in [0.25, 0.3) is 0 Å². The average molecular weight is 540 g/mol. The van der Waals surface area contributed by atoms with Crippen LogP contribution in [0.4, 0.5) is 0 Å². The molecule has 0 bridgehead atoms. The summed E-state index contributed by atoms with van der Waals surface area (Å²) in [7, 11) is -2.30. The van der Waals surface area contributed by atoms with E-state index in [0.29, 0.717) is 43.7 Å². The van der Waals surface area contributed by atoms with E-state index in [-0.39, 0.29) is 29.3 Å². The minimum Gasteiger partial charge on any atom is -0.507 e. The molecule has 1 amide bonds. The van der Waals surface area contributed by atoms with E-state index in [1.165, 1.54) is 13.2 Å². The zero-order valence-electron chi connectivity index (χ0n) is 21.5. The zero-order valence-corrected chi connectivity index (χ0v) is 22.3. The number of aromatic hydroxyl groups is 1. The normalized spacial score (nSPS) is 19.6. The number of nitrogens with zero attached hydrogens (tertiary/aromatic N) is 2. The molecule has 1 fully saturated rings. The number of rotatable bonds is 10. The monoisotopic (exact) mass is 539 g/mol. The van der Waals surface area contributed by atoms with Crippen LogP contribution in [-0.2, 0) is 22.2 Å². The van der Waals surface area contributed by atoms with Crippen LogP contribution >= 0.6 is 0 Å². The maximum absolute atomic E-state index is 13.1. The van der Waals surface area contributed by atoms with Crippen molar-refractivity contribution in [2.75, 3.05) is 13.7 Å². The van der Waals surface area contributed by atoms with Crippen molar-refractivity contribution in [2.24, 2.45) is 0 Å². The fourth-order valence-corrected chi connectivity index (χ4v) is 5.94. The largest absolute Gasteiger partial charge is 0.507 e. The molecule has 0 unspecified atom stereocenters. The number of aromatic nitrogens is 2. The highest BCUT2D eigenvalue weighted by Gasteiger charge is 2.38. The number of aryl methyl sites for hydroxylation is 1. The quantitative estimate of drug-likeness (QED) is 0.310. The van der Waals surface area contributed by atoms with Gasteiger partial charge in [-0.15, -0.1) is 0 Å². The molecule has 0 aliphatic heterocycles. The number of ether oxygens (including phenoxy) is 1. The van der Waals surface area contributed by atoms with Gasteiger partial charge in [-0.05, 0) is 50.3 Å². The lowest BCUT2D eigenvalue weighted by molar-refractivity contribution is 0.0929. The van der Waals surface area contributed by atoms with Gasteiger partial charge in [0.25, 0.3) is 16.1 Å². The van der Waals surface area contributed by atoms with E-state index in [1.54, 1.807) is 24.5 Å². The fraction of sp³-hybridized carbons (Fsp3) is 0.370. The number of methoxy groups -OCH3 is 1. The average Bonchev–Trinajstić information content (AvgIpc) is 2.92. The van der Waals surface area contributed by atoms with Crippen molar-refractivity contribution >= 4 is 16.1 Å². The SMILES string of the molecule is COc1cccc(O)c1C(=O)NC[C@]1(c2ccccc2)CC[C@H](NS(=O)(=O)NCc2cnc(C)cn2)CC1. The molecule has 1 heterocycles. The Kier molecular flexibility index (Phi) is 8.60. The van der Waals surface area contributed by atoms with E-state index in [9.17, 15) is 18.3 Å². The number of carbonyl (C=O) groups is 1. The van der Waals surface area contributed by atoms with E-state index < -0.39 is 16.1 Å². The number of phenolic OH excluding ortho intramolecular Hbond substituents is 1. The van der Waals surface area contributed by atoms with Gasteiger partial charge in [0, 0.05) is 24.2 Å². The Morgan fingerprint density at radius 1 is 1.08 bits per heavy atom. The first kappa shape index (κ1) is 27.5. The summed E-state index contributed by atoms with van der Waals surface area (Å²) in [5.74, 6) is -0.294. The number of phenols is 1. The molecule has 11 heteroatoms. The first-order valence-corrected chi connectivity index (χ1v) is 13.9. The summed E-state index contributed by atoms with van der Waals surface area (Å²) in [5, 5.41) is 13.2. The smallest absolute Gasteiger partial charge is 0.277 e. The third kappa shape index (κ3) is 6.66. The summed E-state index contributed by atoms with van der Waals surface area (Å²) in [5.41, 5.74) is 2.06. The molecule has 1 saturated carbocycles. The van der Waals surface area contributed by atoms with Crippen molar-refractivity contribution in [1.29, 1.82) is 0 Å². The molecule has 202 valence electrons. The Balaban J connectivity index is 1.42. The summed E-state index contributed by atoms with van der Waals surface area (Å²) < 4.78 is 35.9. The van der Waals surface area contributed by atoms with Gasteiger partial charge in [0.1, 0.15) is 17.1 Å². The second-order valence-corrected chi connectivity index (χ2v) is 11.1. The summed E-state index contributed by atoms with van der Waals surface area (Å²) in [6.45, 7) is 2.19. The van der Waals surface area contributed by atoms with Gasteiger partial charge >= 0.3 is 0 Å². The van der Waals surface area contributed by atoms with Crippen LogP contribution in [0.15, 0.2) is 60.9 Å². The van der Waals surface area contributed by atoms with Gasteiger partial charge in [0.15, 0.2) is 0 Å². The van der Waals surface area contributed by atoms with Crippen molar-refractivity contribution in [3.63, 3.8) is 0 Å². The van der Waals surface area contributed by atoms with Crippen molar-refractivity contribution in [1.82, 2.24) is 24.7 Å². The van der Waals surface area contributed by atoms with Crippen LogP contribution in [0.1, 0.15) is 53.0 Å². The molecule has 1 aliphatic rings. The van der Waals surface area contributed by atoms with Crippen LogP contribution in [0.2, 0.25) is 0 Å². The molecule has 4 rings (SSSR count). The third-order valence-electron chi connectivity index (χ3n) is 6.97. The van der Waals surface area contributed by atoms with Gasteiger partial charge in [-0.2, -0.15) is 17.9 Å². The van der Waals surface area contributed by atoms with Crippen LogP contribution in [0, 0.1) is 6.92 Å². The molecule has 2 aromatic carbocycles. The third-order valence-corrected chi connectivity index (χ3v) is 8.13. The van der Waals surface area contributed by atoms with Crippen molar-refractivity contribution in [3.8, 4) is 11.5 Å². The maximum atomic E-state index is 13.1. The number of hydrogen-bond donors (Lipinski definition) is 4. The Bertz CT molecular complexity index is 1340. The Morgan fingerprint density at radius 3 is 2.47 bits per heavy atom. The fourth-order valence-electron chi connectivity index (χ4n) is 4.84. The van der Waals surface area contributed by atoms with Gasteiger partial charge in [0.2, 0.25) is 0 Å². The van der Waals surface area contributed by atoms with Crippen LogP contribution in [0.5, 0.6) is 11.5 Å². The topological polar surface area (TPSA) is 143 Å². The molecule has 0 saturated heterocycles. The first-order valence-electron chi connectivity index (χ1n) is 12.5. The molecular weight excluding hydrogens is 506 g/mol. The lowest BCUT2D eigenvalue weighted by Gasteiger charge is -2.41. The minimum atomic E-state index is -3.74. The van der Waals surface area contributed by atoms with Gasteiger partial charge in [-0.25, -0.2) is 0 Å². The van der Waals surface area contributed by atoms with Gasteiger partial charge in [-0.1, -0.05) is 36.4 Å². The molecule has 0 atom stereocenters. The highest BCUT2D eigenvalue weighted by Crippen LogP contribution is 2.39. The van der Waals surface area contributed by atoms with E-state index in [4.69, 9.17) is 4.74 Å². The van der Waals surface area contributed by atoms with Crippen molar-refractivity contribution < 1.29 is 23.1 Å².